The summed E-state index contributed by atoms with van der Waals surface area (Å²) >= 11 is 7.19. The summed E-state index contributed by atoms with van der Waals surface area (Å²) in [7, 11) is 0. The maximum Gasteiger partial charge on any atom is 0.229 e. The lowest BCUT2D eigenvalue weighted by Gasteiger charge is -2.02. The van der Waals surface area contributed by atoms with E-state index < -0.39 is 0 Å². The van der Waals surface area contributed by atoms with Gasteiger partial charge in [0.25, 0.3) is 0 Å². The van der Waals surface area contributed by atoms with E-state index in [1.807, 2.05) is 37.3 Å². The zero-order valence-corrected chi connectivity index (χ0v) is 15.1. The molecule has 25 heavy (non-hydrogen) atoms. The highest BCUT2D eigenvalue weighted by molar-refractivity contribution is 7.11. The lowest BCUT2D eigenvalue weighted by Crippen LogP contribution is -2.13. The van der Waals surface area contributed by atoms with Crippen LogP contribution in [-0.2, 0) is 11.2 Å². The second kappa shape index (κ2) is 9.05. The third kappa shape index (κ3) is 6.10. The van der Waals surface area contributed by atoms with Gasteiger partial charge in [0.1, 0.15) is 10.8 Å². The van der Waals surface area contributed by atoms with Crippen molar-refractivity contribution in [2.45, 2.75) is 13.3 Å². The van der Waals surface area contributed by atoms with Gasteiger partial charge in [-0.3, -0.25) is 4.79 Å². The van der Waals surface area contributed by atoms with Crippen molar-refractivity contribution < 1.29 is 9.90 Å². The number of benzene rings is 2. The summed E-state index contributed by atoms with van der Waals surface area (Å²) in [6.07, 6.45) is 0.341. The maximum absolute atomic E-state index is 11.8. The van der Waals surface area contributed by atoms with Crippen molar-refractivity contribution in [1.82, 2.24) is 4.37 Å². The monoisotopic (exact) mass is 375 g/mol. The van der Waals surface area contributed by atoms with Gasteiger partial charge < -0.3 is 16.2 Å². The molecule has 0 aliphatic rings. The number of halogens is 1. The first kappa shape index (κ1) is 18.8. The van der Waals surface area contributed by atoms with E-state index >= 15 is 0 Å². The van der Waals surface area contributed by atoms with Crippen molar-refractivity contribution in [3.8, 4) is 5.75 Å². The predicted octanol–water partition coefficient (Wildman–Crippen LogP) is 4.26. The number of hydrogen-bond donors (Lipinski definition) is 3. The third-order valence-corrected chi connectivity index (χ3v) is 4.57. The molecule has 2 aromatic carbocycles. The minimum Gasteiger partial charge on any atom is -0.508 e. The number of nitrogens with one attached hydrogen (secondary N) is 1. The van der Waals surface area contributed by atoms with Gasteiger partial charge in [-0.05, 0) is 48.3 Å². The largest absolute Gasteiger partial charge is 0.508 e. The number of carbonyl (C=O) groups excluding carboxylic acids is 1. The molecule has 1 amide bonds. The van der Waals surface area contributed by atoms with E-state index in [0.717, 1.165) is 11.3 Å². The molecule has 4 N–H and O–H groups in total. The number of anilines is 2. The van der Waals surface area contributed by atoms with E-state index in [1.54, 1.807) is 24.3 Å². The van der Waals surface area contributed by atoms with Crippen molar-refractivity contribution >= 4 is 39.7 Å². The first-order valence-electron chi connectivity index (χ1n) is 7.45. The summed E-state index contributed by atoms with van der Waals surface area (Å²) in [6, 6.07) is 16.0. The lowest BCUT2D eigenvalue weighted by atomic mass is 10.1. The molecule has 0 saturated carbocycles. The van der Waals surface area contributed by atoms with E-state index in [0.29, 0.717) is 22.1 Å². The fourth-order valence-electron chi connectivity index (χ4n) is 1.86. The summed E-state index contributed by atoms with van der Waals surface area (Å²) in [4.78, 5) is 11.8. The Labute approximate surface area is 155 Å². The van der Waals surface area contributed by atoms with Crippen LogP contribution in [0.3, 0.4) is 0 Å². The predicted molar refractivity (Wildman–Crippen MR) is 103 cm³/mol. The van der Waals surface area contributed by atoms with Crippen LogP contribution in [0.25, 0.3) is 0 Å². The molecular weight excluding hydrogens is 358 g/mol. The van der Waals surface area contributed by atoms with Crippen LogP contribution < -0.4 is 11.1 Å². The number of nitrogens with zero attached hydrogens (tertiary/aromatic N) is 1. The van der Waals surface area contributed by atoms with Crippen molar-refractivity contribution in [3.63, 3.8) is 0 Å². The van der Waals surface area contributed by atoms with Gasteiger partial charge in [-0.2, -0.15) is 4.37 Å². The SMILES string of the molecule is Cc1nsc(NC(=O)Cc2ccccc2)c1Cl.Nc1ccc(O)cc1. The maximum atomic E-state index is 11.8. The molecular formula is C18H18ClN3O2S. The van der Waals surface area contributed by atoms with Crippen LogP contribution in [0, 0.1) is 6.92 Å². The molecule has 1 aromatic heterocycles. The molecule has 5 nitrogen and oxygen atoms in total. The molecule has 1 heterocycles. The molecule has 0 unspecified atom stereocenters. The van der Waals surface area contributed by atoms with Gasteiger partial charge in [0.15, 0.2) is 0 Å². The topological polar surface area (TPSA) is 88.2 Å². The number of rotatable bonds is 3. The van der Waals surface area contributed by atoms with E-state index in [4.69, 9.17) is 22.4 Å². The summed E-state index contributed by atoms with van der Waals surface area (Å²) in [5, 5.41) is 12.6. The molecule has 0 fully saturated rings. The number of nitrogens with two attached hydrogens (primary N) is 1. The Morgan fingerprint density at radius 2 is 1.84 bits per heavy atom. The van der Waals surface area contributed by atoms with E-state index in [9.17, 15) is 4.79 Å². The average molecular weight is 376 g/mol. The number of carbonyl (C=O) groups is 1. The van der Waals surface area contributed by atoms with Gasteiger partial charge in [0.05, 0.1) is 17.1 Å². The van der Waals surface area contributed by atoms with Crippen molar-refractivity contribution in [3.05, 3.63) is 70.9 Å². The number of aryl methyl sites for hydroxylation is 1. The molecule has 0 atom stereocenters. The van der Waals surface area contributed by atoms with Crippen molar-refractivity contribution in [2.24, 2.45) is 0 Å². The summed E-state index contributed by atoms with van der Waals surface area (Å²) in [6.45, 7) is 1.81. The highest BCUT2D eigenvalue weighted by atomic mass is 35.5. The highest BCUT2D eigenvalue weighted by Gasteiger charge is 2.11. The Balaban J connectivity index is 0.000000236. The molecule has 0 spiro atoms. The second-order valence-electron chi connectivity index (χ2n) is 5.21. The molecule has 130 valence electrons. The number of phenols is 1. The average Bonchev–Trinajstić information content (AvgIpc) is 2.91. The first-order chi connectivity index (χ1) is 12.0. The minimum atomic E-state index is -0.0817. The summed E-state index contributed by atoms with van der Waals surface area (Å²) in [5.41, 5.74) is 7.70. The number of hydrogen-bond acceptors (Lipinski definition) is 5. The summed E-state index contributed by atoms with van der Waals surface area (Å²) < 4.78 is 4.07. The van der Waals surface area contributed by atoms with Gasteiger partial charge in [-0.25, -0.2) is 0 Å². The van der Waals surface area contributed by atoms with E-state index in [1.165, 1.54) is 11.5 Å². The molecule has 0 aliphatic carbocycles. The Morgan fingerprint density at radius 1 is 1.20 bits per heavy atom. The van der Waals surface area contributed by atoms with Gasteiger partial charge in [-0.1, -0.05) is 41.9 Å². The zero-order chi connectivity index (χ0) is 18.2. The molecule has 0 saturated heterocycles. The van der Waals surface area contributed by atoms with Crippen LogP contribution in [0.5, 0.6) is 5.75 Å². The van der Waals surface area contributed by atoms with Crippen molar-refractivity contribution in [1.29, 1.82) is 0 Å². The number of phenolic OH excluding ortho intramolecular Hbond substituents is 1. The van der Waals surface area contributed by atoms with Crippen LogP contribution in [0.15, 0.2) is 54.6 Å². The Morgan fingerprint density at radius 3 is 2.36 bits per heavy atom. The molecule has 0 aliphatic heterocycles. The standard InChI is InChI=1S/C12H11ClN2OS.C6H7NO/c1-8-11(13)12(17-15-8)14-10(16)7-9-5-3-2-4-6-9;7-5-1-3-6(8)4-2-5/h2-6H,7H2,1H3,(H,14,16);1-4,8H,7H2. The van der Waals surface area contributed by atoms with Crippen LogP contribution in [-0.4, -0.2) is 15.4 Å². The summed E-state index contributed by atoms with van der Waals surface area (Å²) in [5.74, 6) is 0.168. The minimum absolute atomic E-state index is 0.0817. The molecule has 3 rings (SSSR count). The normalized spacial score (nSPS) is 9.84. The first-order valence-corrected chi connectivity index (χ1v) is 8.61. The third-order valence-electron chi connectivity index (χ3n) is 3.14. The van der Waals surface area contributed by atoms with Gasteiger partial charge >= 0.3 is 0 Å². The molecule has 7 heteroatoms. The van der Waals surface area contributed by atoms with Crippen LogP contribution in [0.4, 0.5) is 10.7 Å². The lowest BCUT2D eigenvalue weighted by molar-refractivity contribution is -0.115. The second-order valence-corrected chi connectivity index (χ2v) is 6.36. The van der Waals surface area contributed by atoms with Gasteiger partial charge in [0.2, 0.25) is 5.91 Å². The number of aromatic hydroxyl groups is 1. The fourth-order valence-corrected chi connectivity index (χ4v) is 2.81. The Hall–Kier alpha value is -2.57. The Bertz CT molecular complexity index is 799. The highest BCUT2D eigenvalue weighted by Crippen LogP contribution is 2.29. The Kier molecular flexibility index (Phi) is 6.80. The zero-order valence-electron chi connectivity index (χ0n) is 13.6. The van der Waals surface area contributed by atoms with Gasteiger partial charge in [0, 0.05) is 5.69 Å². The van der Waals surface area contributed by atoms with Gasteiger partial charge in [-0.15, -0.1) is 0 Å². The fraction of sp³-hybridized carbons (Fsp3) is 0.111. The number of amides is 1. The number of nitrogen functional groups attached to an aromatic ring is 1. The number of aromatic nitrogens is 1. The van der Waals surface area contributed by atoms with E-state index in [-0.39, 0.29) is 11.7 Å². The molecule has 0 radical (unpaired) electrons. The van der Waals surface area contributed by atoms with Crippen LogP contribution in [0.2, 0.25) is 5.02 Å². The quantitative estimate of drug-likeness (QED) is 0.471. The van der Waals surface area contributed by atoms with Crippen LogP contribution in [0.1, 0.15) is 11.3 Å². The molecule has 0 bridgehead atoms. The van der Waals surface area contributed by atoms with Crippen LogP contribution >= 0.6 is 23.1 Å². The molecule has 3 aromatic rings. The van der Waals surface area contributed by atoms with Crippen molar-refractivity contribution in [2.75, 3.05) is 11.1 Å². The smallest absolute Gasteiger partial charge is 0.229 e. The van der Waals surface area contributed by atoms with E-state index in [2.05, 4.69) is 9.69 Å².